The number of rotatable bonds is 6. The van der Waals surface area contributed by atoms with Crippen LogP contribution in [0.2, 0.25) is 0 Å². The van der Waals surface area contributed by atoms with Gasteiger partial charge in [0.1, 0.15) is 11.6 Å². The maximum absolute atomic E-state index is 13.5. The molecule has 0 aliphatic carbocycles. The molecule has 2 aromatic rings. The van der Waals surface area contributed by atoms with Crippen molar-refractivity contribution in [1.29, 1.82) is 0 Å². The van der Waals surface area contributed by atoms with Gasteiger partial charge in [-0.3, -0.25) is 9.59 Å². The topological polar surface area (TPSA) is 67.2 Å². The summed E-state index contributed by atoms with van der Waals surface area (Å²) in [5.74, 6) is 0.716. The molecule has 7 heteroatoms. The highest BCUT2D eigenvalue weighted by molar-refractivity contribution is 5.79. The zero-order valence-corrected chi connectivity index (χ0v) is 16.4. The van der Waals surface area contributed by atoms with Crippen LogP contribution >= 0.6 is 0 Å². The summed E-state index contributed by atoms with van der Waals surface area (Å²) in [5.41, 5.74) is 0.0566. The van der Waals surface area contributed by atoms with Gasteiger partial charge in [0.15, 0.2) is 0 Å². The molecule has 1 aliphatic heterocycles. The summed E-state index contributed by atoms with van der Waals surface area (Å²) >= 11 is 0. The number of amides is 1. The molecule has 2 heterocycles. The van der Waals surface area contributed by atoms with E-state index in [1.165, 1.54) is 22.9 Å². The van der Waals surface area contributed by atoms with Crippen LogP contribution < -0.4 is 15.8 Å². The van der Waals surface area contributed by atoms with Gasteiger partial charge in [-0.1, -0.05) is 19.9 Å². The second kappa shape index (κ2) is 8.99. The molecule has 0 spiro atoms. The lowest BCUT2D eigenvalue weighted by atomic mass is 9.97. The monoisotopic (exact) mass is 386 g/mol. The summed E-state index contributed by atoms with van der Waals surface area (Å²) in [5, 5.41) is 7.44. The Morgan fingerprint density at radius 1 is 1.32 bits per heavy atom. The van der Waals surface area contributed by atoms with Crippen molar-refractivity contribution in [1.82, 2.24) is 15.1 Å². The van der Waals surface area contributed by atoms with Crippen molar-refractivity contribution in [2.75, 3.05) is 24.5 Å². The van der Waals surface area contributed by atoms with Gasteiger partial charge in [0.25, 0.3) is 5.56 Å². The number of carbonyl (C=O) groups is 1. The second-order valence-electron chi connectivity index (χ2n) is 7.68. The van der Waals surface area contributed by atoms with Crippen LogP contribution in [-0.4, -0.2) is 35.3 Å². The van der Waals surface area contributed by atoms with E-state index in [4.69, 9.17) is 0 Å². The van der Waals surface area contributed by atoms with E-state index in [0.717, 1.165) is 25.8 Å². The molecule has 1 fully saturated rings. The van der Waals surface area contributed by atoms with Gasteiger partial charge in [0.05, 0.1) is 11.6 Å². The van der Waals surface area contributed by atoms with E-state index in [1.807, 2.05) is 4.90 Å². The Hall–Kier alpha value is -2.70. The Bertz CT molecular complexity index is 881. The number of hydrogen-bond donors (Lipinski definition) is 1. The predicted octanol–water partition coefficient (Wildman–Crippen LogP) is 2.75. The Kier molecular flexibility index (Phi) is 6.44. The van der Waals surface area contributed by atoms with Crippen LogP contribution in [0.1, 0.15) is 33.1 Å². The number of halogens is 1. The minimum absolute atomic E-state index is 0.0730. The minimum Gasteiger partial charge on any atom is -0.356 e. The molecule has 1 aromatic heterocycles. The van der Waals surface area contributed by atoms with Crippen molar-refractivity contribution < 1.29 is 9.18 Å². The van der Waals surface area contributed by atoms with E-state index in [-0.39, 0.29) is 17.4 Å². The molecule has 0 radical (unpaired) electrons. The molecule has 6 nitrogen and oxygen atoms in total. The first kappa shape index (κ1) is 20.0. The minimum atomic E-state index is -0.423. The van der Waals surface area contributed by atoms with Gasteiger partial charge in [-0.05, 0) is 49.4 Å². The Balaban J connectivity index is 1.73. The molecule has 1 N–H and O–H groups in total. The molecular formula is C21H27FN4O2. The highest BCUT2D eigenvalue weighted by Crippen LogP contribution is 2.21. The summed E-state index contributed by atoms with van der Waals surface area (Å²) in [4.78, 5) is 26.7. The molecular weight excluding hydrogens is 359 g/mol. The van der Waals surface area contributed by atoms with Crippen LogP contribution in [0, 0.1) is 17.7 Å². The van der Waals surface area contributed by atoms with Gasteiger partial charge >= 0.3 is 0 Å². The van der Waals surface area contributed by atoms with E-state index < -0.39 is 5.82 Å². The number of benzene rings is 1. The Labute approximate surface area is 164 Å². The maximum Gasteiger partial charge on any atom is 0.271 e. The molecule has 1 aromatic carbocycles. The fraction of sp³-hybridized carbons (Fsp3) is 0.476. The fourth-order valence-electron chi connectivity index (χ4n) is 3.39. The largest absolute Gasteiger partial charge is 0.356 e. The quantitative estimate of drug-likeness (QED) is 0.829. The van der Waals surface area contributed by atoms with E-state index in [2.05, 4.69) is 24.3 Å². The Morgan fingerprint density at radius 3 is 2.89 bits per heavy atom. The van der Waals surface area contributed by atoms with Crippen LogP contribution in [0.15, 0.2) is 41.2 Å². The molecule has 1 saturated heterocycles. The zero-order valence-electron chi connectivity index (χ0n) is 16.4. The second-order valence-corrected chi connectivity index (χ2v) is 7.68. The normalized spacial score (nSPS) is 17.0. The smallest absolute Gasteiger partial charge is 0.271 e. The van der Waals surface area contributed by atoms with E-state index in [9.17, 15) is 14.0 Å². The number of carbonyl (C=O) groups excluding carboxylic acids is 1. The molecule has 0 saturated carbocycles. The van der Waals surface area contributed by atoms with Crippen LogP contribution in [0.5, 0.6) is 0 Å². The third kappa shape index (κ3) is 4.97. The van der Waals surface area contributed by atoms with Gasteiger partial charge in [-0.15, -0.1) is 5.10 Å². The molecule has 1 aliphatic rings. The highest BCUT2D eigenvalue weighted by Gasteiger charge is 2.26. The van der Waals surface area contributed by atoms with Gasteiger partial charge in [0, 0.05) is 25.7 Å². The van der Waals surface area contributed by atoms with Gasteiger partial charge in [-0.25, -0.2) is 4.39 Å². The average Bonchev–Trinajstić information content (AvgIpc) is 2.68. The number of nitrogens with one attached hydrogen (secondary N) is 1. The lowest BCUT2D eigenvalue weighted by Crippen LogP contribution is -2.44. The first-order valence-electron chi connectivity index (χ1n) is 9.83. The summed E-state index contributed by atoms with van der Waals surface area (Å²) in [6, 6.07) is 8.88. The van der Waals surface area contributed by atoms with Gasteiger partial charge < -0.3 is 10.2 Å². The van der Waals surface area contributed by atoms with Crippen molar-refractivity contribution in [3.05, 3.63) is 52.6 Å². The molecule has 3 rings (SSSR count). The van der Waals surface area contributed by atoms with Crippen molar-refractivity contribution in [2.45, 2.75) is 33.1 Å². The van der Waals surface area contributed by atoms with Crippen LogP contribution in [0.3, 0.4) is 0 Å². The summed E-state index contributed by atoms with van der Waals surface area (Å²) in [6.07, 6.45) is 2.68. The van der Waals surface area contributed by atoms with E-state index in [0.29, 0.717) is 30.5 Å². The molecule has 0 bridgehead atoms. The maximum atomic E-state index is 13.5. The summed E-state index contributed by atoms with van der Waals surface area (Å²) < 4.78 is 14.7. The third-order valence-corrected chi connectivity index (χ3v) is 4.98. The third-order valence-electron chi connectivity index (χ3n) is 4.98. The lowest BCUT2D eigenvalue weighted by Gasteiger charge is -2.33. The van der Waals surface area contributed by atoms with Crippen LogP contribution in [0.25, 0.3) is 5.69 Å². The average molecular weight is 386 g/mol. The number of piperidine rings is 1. The van der Waals surface area contributed by atoms with E-state index in [1.54, 1.807) is 18.2 Å². The first-order valence-corrected chi connectivity index (χ1v) is 9.83. The number of aromatic nitrogens is 2. The molecule has 1 atom stereocenters. The van der Waals surface area contributed by atoms with Gasteiger partial charge in [0.2, 0.25) is 5.91 Å². The van der Waals surface area contributed by atoms with Gasteiger partial charge in [-0.2, -0.15) is 4.68 Å². The van der Waals surface area contributed by atoms with Crippen LogP contribution in [0.4, 0.5) is 10.2 Å². The molecule has 150 valence electrons. The molecule has 0 unspecified atom stereocenters. The van der Waals surface area contributed by atoms with Crippen molar-refractivity contribution in [3.63, 3.8) is 0 Å². The molecule has 28 heavy (non-hydrogen) atoms. The van der Waals surface area contributed by atoms with Crippen molar-refractivity contribution in [3.8, 4) is 5.69 Å². The van der Waals surface area contributed by atoms with Crippen molar-refractivity contribution >= 4 is 11.7 Å². The zero-order chi connectivity index (χ0) is 20.1. The SMILES string of the molecule is CC(C)CCNC(=O)[C@@H]1CCCN(c2ccc(=O)n(-c3cccc(F)c3)n2)C1. The number of anilines is 1. The summed E-state index contributed by atoms with van der Waals surface area (Å²) in [7, 11) is 0. The number of hydrogen-bond acceptors (Lipinski definition) is 4. The standard InChI is InChI=1S/C21H27FN4O2/c1-15(2)10-11-23-21(28)16-5-4-12-25(14-16)19-8-9-20(27)26(24-19)18-7-3-6-17(22)13-18/h3,6-9,13,15-16H,4-5,10-12,14H2,1-2H3,(H,23,28)/t16-/m1/s1. The lowest BCUT2D eigenvalue weighted by molar-refractivity contribution is -0.125. The summed E-state index contributed by atoms with van der Waals surface area (Å²) in [6.45, 7) is 6.28. The Morgan fingerprint density at radius 2 is 2.14 bits per heavy atom. The number of nitrogens with zero attached hydrogens (tertiary/aromatic N) is 3. The molecule has 1 amide bonds. The van der Waals surface area contributed by atoms with Crippen molar-refractivity contribution in [2.24, 2.45) is 11.8 Å². The highest BCUT2D eigenvalue weighted by atomic mass is 19.1. The predicted molar refractivity (Wildman–Crippen MR) is 107 cm³/mol. The fourth-order valence-corrected chi connectivity index (χ4v) is 3.39. The van der Waals surface area contributed by atoms with E-state index >= 15 is 0 Å². The first-order chi connectivity index (χ1) is 13.4. The van der Waals surface area contributed by atoms with Crippen LogP contribution in [-0.2, 0) is 4.79 Å².